The Morgan fingerprint density at radius 2 is 1.64 bits per heavy atom. The Morgan fingerprint density at radius 3 is 2.27 bits per heavy atom. The topological polar surface area (TPSA) is 17.1 Å². The Labute approximate surface area is 138 Å². The zero-order valence-corrected chi connectivity index (χ0v) is 14.0. The molecule has 0 aliphatic rings. The van der Waals surface area contributed by atoms with E-state index in [4.69, 9.17) is 0 Å². The quantitative estimate of drug-likeness (QED) is 0.560. The van der Waals surface area contributed by atoms with E-state index in [9.17, 15) is 4.79 Å². The summed E-state index contributed by atoms with van der Waals surface area (Å²) in [6, 6.07) is 20.2. The lowest BCUT2D eigenvalue weighted by Crippen LogP contribution is -2.17. The Balaban J connectivity index is 1.92. The van der Waals surface area contributed by atoms with Crippen LogP contribution in [0, 0.1) is 5.92 Å². The molecule has 0 aromatic heterocycles. The van der Waals surface area contributed by atoms with Crippen molar-refractivity contribution in [1.82, 2.24) is 0 Å². The lowest BCUT2D eigenvalue weighted by molar-refractivity contribution is 0.0925. The lowest BCUT2D eigenvalue weighted by atomic mass is 9.94. The second kappa shape index (κ2) is 9.47. The van der Waals surface area contributed by atoms with Gasteiger partial charge in [-0.05, 0) is 12.0 Å². The van der Waals surface area contributed by atoms with E-state index in [-0.39, 0.29) is 5.92 Å². The molecule has 1 atom stereocenters. The molecule has 0 heterocycles. The number of ketones is 1. The summed E-state index contributed by atoms with van der Waals surface area (Å²) >= 11 is 1.87. The van der Waals surface area contributed by atoms with Crippen molar-refractivity contribution in [2.45, 2.75) is 31.9 Å². The molecular formula is C20H24OS. The summed E-state index contributed by atoms with van der Waals surface area (Å²) in [6.07, 6.45) is 3.25. The summed E-state index contributed by atoms with van der Waals surface area (Å²) in [7, 11) is 0. The third-order valence-electron chi connectivity index (χ3n) is 3.77. The van der Waals surface area contributed by atoms with Gasteiger partial charge in [0.25, 0.3) is 0 Å². The van der Waals surface area contributed by atoms with Crippen LogP contribution >= 0.6 is 11.8 Å². The largest absolute Gasteiger partial charge is 0.294 e. The molecule has 0 aliphatic carbocycles. The van der Waals surface area contributed by atoms with E-state index in [1.165, 1.54) is 5.56 Å². The van der Waals surface area contributed by atoms with Crippen molar-refractivity contribution < 1.29 is 4.79 Å². The highest BCUT2D eigenvalue weighted by molar-refractivity contribution is 7.98. The van der Waals surface area contributed by atoms with Gasteiger partial charge in [-0.25, -0.2) is 0 Å². The van der Waals surface area contributed by atoms with Gasteiger partial charge in [0.1, 0.15) is 0 Å². The second-order valence-corrected chi connectivity index (χ2v) is 6.60. The molecule has 0 spiro atoms. The van der Waals surface area contributed by atoms with Gasteiger partial charge in [-0.2, -0.15) is 11.8 Å². The van der Waals surface area contributed by atoms with Crippen LogP contribution in [0.4, 0.5) is 0 Å². The minimum Gasteiger partial charge on any atom is -0.294 e. The van der Waals surface area contributed by atoms with E-state index >= 15 is 0 Å². The van der Waals surface area contributed by atoms with Gasteiger partial charge in [0, 0.05) is 23.0 Å². The number of thioether (sulfide) groups is 1. The third kappa shape index (κ3) is 5.34. The number of Topliss-reactive ketones (excluding diaryl/α,β-unsaturated/α-hetero) is 1. The summed E-state index contributed by atoms with van der Waals surface area (Å²) in [5.41, 5.74) is 2.18. The Hall–Kier alpha value is -1.54. The lowest BCUT2D eigenvalue weighted by Gasteiger charge is -2.15. The number of carbonyl (C=O) groups excluding carboxylic acids is 1. The molecule has 0 fully saturated rings. The predicted octanol–water partition coefficient (Wildman–Crippen LogP) is 5.61. The number of hydrogen-bond acceptors (Lipinski definition) is 2. The highest BCUT2D eigenvalue weighted by atomic mass is 32.2. The summed E-state index contributed by atoms with van der Waals surface area (Å²) in [5, 5.41) is 0. The summed E-state index contributed by atoms with van der Waals surface area (Å²) in [6.45, 7) is 2.18. The molecule has 0 unspecified atom stereocenters. The molecule has 0 N–H and O–H groups in total. The van der Waals surface area contributed by atoms with Crippen LogP contribution in [0.25, 0.3) is 0 Å². The Kier molecular flexibility index (Phi) is 7.24. The fourth-order valence-corrected chi connectivity index (χ4v) is 3.62. The predicted molar refractivity (Wildman–Crippen MR) is 96.4 cm³/mol. The van der Waals surface area contributed by atoms with Gasteiger partial charge >= 0.3 is 0 Å². The Morgan fingerprint density at radius 1 is 1.00 bits per heavy atom. The molecule has 0 saturated carbocycles. The fraction of sp³-hybridized carbons (Fsp3) is 0.350. The van der Waals surface area contributed by atoms with Crippen molar-refractivity contribution in [3.05, 3.63) is 71.8 Å². The summed E-state index contributed by atoms with van der Waals surface area (Å²) < 4.78 is 0. The zero-order chi connectivity index (χ0) is 15.6. The highest BCUT2D eigenvalue weighted by Crippen LogP contribution is 2.22. The first-order valence-electron chi connectivity index (χ1n) is 8.02. The van der Waals surface area contributed by atoms with Gasteiger partial charge in [0.2, 0.25) is 0 Å². The molecule has 116 valence electrons. The van der Waals surface area contributed by atoms with Gasteiger partial charge in [-0.3, -0.25) is 4.79 Å². The van der Waals surface area contributed by atoms with E-state index in [1.54, 1.807) is 0 Å². The molecule has 0 amide bonds. The van der Waals surface area contributed by atoms with Crippen LogP contribution in [0.5, 0.6) is 0 Å². The van der Waals surface area contributed by atoms with Crippen LogP contribution in [0.1, 0.15) is 42.1 Å². The molecular weight excluding hydrogens is 288 g/mol. The monoisotopic (exact) mass is 312 g/mol. The number of benzene rings is 2. The summed E-state index contributed by atoms with van der Waals surface area (Å²) in [4.78, 5) is 12.7. The fourth-order valence-electron chi connectivity index (χ4n) is 2.47. The smallest absolute Gasteiger partial charge is 0.166 e. The standard InChI is InChI=1S/C20H24OS/c1-2-3-12-19(20(21)18-13-8-5-9-14-18)16-22-15-17-10-6-4-7-11-17/h4-11,13-14,19H,2-3,12,15-16H2,1H3/t19-/m0/s1. The molecule has 0 aliphatic heterocycles. The second-order valence-electron chi connectivity index (χ2n) is 5.57. The molecule has 22 heavy (non-hydrogen) atoms. The number of hydrogen-bond donors (Lipinski definition) is 0. The molecule has 2 rings (SSSR count). The van der Waals surface area contributed by atoms with Gasteiger partial charge in [-0.15, -0.1) is 0 Å². The SMILES string of the molecule is CCCC[C@@H](CSCc1ccccc1)C(=O)c1ccccc1. The average molecular weight is 312 g/mol. The first kappa shape index (κ1) is 16.8. The third-order valence-corrected chi connectivity index (χ3v) is 4.94. The summed E-state index contributed by atoms with van der Waals surface area (Å²) in [5.74, 6) is 2.32. The van der Waals surface area contributed by atoms with Crippen molar-refractivity contribution >= 4 is 17.5 Å². The molecule has 0 bridgehead atoms. The maximum atomic E-state index is 12.7. The van der Waals surface area contributed by atoms with Crippen LogP contribution in [0.15, 0.2) is 60.7 Å². The first-order chi connectivity index (χ1) is 10.8. The van der Waals surface area contributed by atoms with E-state index in [2.05, 4.69) is 31.2 Å². The van der Waals surface area contributed by atoms with Crippen LogP contribution in [0.3, 0.4) is 0 Å². The van der Waals surface area contributed by atoms with E-state index in [0.29, 0.717) is 5.78 Å². The molecule has 0 saturated heterocycles. The molecule has 2 aromatic rings. The maximum absolute atomic E-state index is 12.7. The van der Waals surface area contributed by atoms with E-state index in [0.717, 1.165) is 36.3 Å². The minimum absolute atomic E-state index is 0.135. The van der Waals surface area contributed by atoms with Gasteiger partial charge in [0.15, 0.2) is 5.78 Å². The van der Waals surface area contributed by atoms with Crippen molar-refractivity contribution in [2.24, 2.45) is 5.92 Å². The highest BCUT2D eigenvalue weighted by Gasteiger charge is 2.19. The van der Waals surface area contributed by atoms with Gasteiger partial charge < -0.3 is 0 Å². The number of carbonyl (C=O) groups is 1. The van der Waals surface area contributed by atoms with Crippen molar-refractivity contribution in [3.63, 3.8) is 0 Å². The van der Waals surface area contributed by atoms with Gasteiger partial charge in [-0.1, -0.05) is 80.4 Å². The number of unbranched alkanes of at least 4 members (excludes halogenated alkanes) is 1. The van der Waals surface area contributed by atoms with Crippen molar-refractivity contribution in [3.8, 4) is 0 Å². The number of rotatable bonds is 9. The normalized spacial score (nSPS) is 12.0. The van der Waals surface area contributed by atoms with E-state index < -0.39 is 0 Å². The van der Waals surface area contributed by atoms with Crippen molar-refractivity contribution in [1.29, 1.82) is 0 Å². The molecule has 0 radical (unpaired) electrons. The van der Waals surface area contributed by atoms with Crippen LogP contribution in [-0.2, 0) is 5.75 Å². The zero-order valence-electron chi connectivity index (χ0n) is 13.2. The van der Waals surface area contributed by atoms with Crippen LogP contribution < -0.4 is 0 Å². The molecule has 2 aromatic carbocycles. The first-order valence-corrected chi connectivity index (χ1v) is 9.17. The van der Waals surface area contributed by atoms with Gasteiger partial charge in [0.05, 0.1) is 0 Å². The van der Waals surface area contributed by atoms with E-state index in [1.807, 2.05) is 48.2 Å². The molecule has 2 heteroatoms. The van der Waals surface area contributed by atoms with Crippen LogP contribution in [-0.4, -0.2) is 11.5 Å². The Bertz CT molecular complexity index is 550. The molecule has 1 nitrogen and oxygen atoms in total. The average Bonchev–Trinajstić information content (AvgIpc) is 2.59. The maximum Gasteiger partial charge on any atom is 0.166 e. The van der Waals surface area contributed by atoms with Crippen molar-refractivity contribution in [2.75, 3.05) is 5.75 Å². The van der Waals surface area contributed by atoms with Crippen LogP contribution in [0.2, 0.25) is 0 Å². The minimum atomic E-state index is 0.135.